The van der Waals surface area contributed by atoms with Gasteiger partial charge in [0.1, 0.15) is 29.5 Å². The topological polar surface area (TPSA) is 105 Å². The molecule has 0 atom stereocenters. The summed E-state index contributed by atoms with van der Waals surface area (Å²) < 4.78 is 37.8. The molecule has 8 nitrogen and oxygen atoms in total. The minimum absolute atomic E-state index is 0.0133. The minimum atomic E-state index is -4.56. The Bertz CT molecular complexity index is 1290. The average molecular weight is 465 g/mol. The molecule has 11 heteroatoms. The van der Waals surface area contributed by atoms with Crippen LogP contribution in [0.4, 0.5) is 42.0 Å². The van der Waals surface area contributed by atoms with E-state index in [0.717, 1.165) is 23.9 Å². The van der Waals surface area contributed by atoms with Gasteiger partial charge in [0.15, 0.2) is 0 Å². The van der Waals surface area contributed by atoms with Crippen LogP contribution in [0.25, 0.3) is 0 Å². The van der Waals surface area contributed by atoms with Gasteiger partial charge in [-0.15, -0.1) is 0 Å². The fourth-order valence-corrected chi connectivity index (χ4v) is 2.91. The predicted molar refractivity (Wildman–Crippen MR) is 121 cm³/mol. The van der Waals surface area contributed by atoms with Gasteiger partial charge < -0.3 is 16.0 Å². The Kier molecular flexibility index (Phi) is 6.35. The molecule has 34 heavy (non-hydrogen) atoms. The zero-order valence-corrected chi connectivity index (χ0v) is 17.8. The Morgan fingerprint density at radius 3 is 2.12 bits per heavy atom. The van der Waals surface area contributed by atoms with Crippen LogP contribution < -0.4 is 16.0 Å². The first-order valence-corrected chi connectivity index (χ1v) is 10.00. The van der Waals surface area contributed by atoms with E-state index in [0.29, 0.717) is 28.8 Å². The Labute approximate surface area is 192 Å². The summed E-state index contributed by atoms with van der Waals surface area (Å²) in [5, 5.41) is 8.86. The van der Waals surface area contributed by atoms with Crippen LogP contribution in [0.1, 0.15) is 21.6 Å². The number of anilines is 5. The number of hydrogen-bond donors (Lipinski definition) is 3. The molecule has 0 unspecified atom stereocenters. The quantitative estimate of drug-likeness (QED) is 0.353. The van der Waals surface area contributed by atoms with Gasteiger partial charge in [-0.3, -0.25) is 9.78 Å². The summed E-state index contributed by atoms with van der Waals surface area (Å²) in [5.41, 5.74) is 1.18. The maximum Gasteiger partial charge on any atom is 0.433 e. The van der Waals surface area contributed by atoms with Crippen molar-refractivity contribution in [3.63, 3.8) is 0 Å². The van der Waals surface area contributed by atoms with Crippen molar-refractivity contribution < 1.29 is 18.0 Å². The highest BCUT2D eigenvalue weighted by atomic mass is 19.4. The summed E-state index contributed by atoms with van der Waals surface area (Å²) in [6.45, 7) is 1.96. The second kappa shape index (κ2) is 9.53. The molecule has 4 rings (SSSR count). The van der Waals surface area contributed by atoms with Crippen LogP contribution in [0.2, 0.25) is 0 Å². The fraction of sp³-hybridized carbons (Fsp3) is 0.0870. The third-order valence-corrected chi connectivity index (χ3v) is 4.57. The summed E-state index contributed by atoms with van der Waals surface area (Å²) >= 11 is 0. The standard InChI is InChI=1S/C23H18F3N7O/c1-14-8-9-27-19(10-14)33-21-11-20(29-13-30-21)31-16-3-5-17(6-4-16)32-22(34)15-2-7-18(28-12-15)23(24,25)26/h2-13H,1H3,(H,32,34)(H2,27,29,30,31,33). The monoisotopic (exact) mass is 465 g/mol. The van der Waals surface area contributed by atoms with E-state index in [1.54, 1.807) is 36.5 Å². The van der Waals surface area contributed by atoms with E-state index < -0.39 is 17.8 Å². The Hall–Kier alpha value is -4.54. The zero-order valence-electron chi connectivity index (χ0n) is 17.8. The van der Waals surface area contributed by atoms with Crippen LogP contribution in [-0.4, -0.2) is 25.8 Å². The van der Waals surface area contributed by atoms with E-state index in [1.807, 2.05) is 19.1 Å². The number of nitrogens with one attached hydrogen (secondary N) is 3. The molecule has 0 aliphatic carbocycles. The van der Waals surface area contributed by atoms with Crippen molar-refractivity contribution in [1.82, 2.24) is 19.9 Å². The molecule has 4 aromatic rings. The highest BCUT2D eigenvalue weighted by Gasteiger charge is 2.32. The molecule has 1 aromatic carbocycles. The minimum Gasteiger partial charge on any atom is -0.340 e. The number of carbonyl (C=O) groups is 1. The van der Waals surface area contributed by atoms with Gasteiger partial charge in [0.05, 0.1) is 5.56 Å². The summed E-state index contributed by atoms with van der Waals surface area (Å²) in [4.78, 5) is 28.2. The van der Waals surface area contributed by atoms with Crippen LogP contribution in [0, 0.1) is 6.92 Å². The fourth-order valence-electron chi connectivity index (χ4n) is 2.91. The van der Waals surface area contributed by atoms with Crippen molar-refractivity contribution in [1.29, 1.82) is 0 Å². The number of carbonyl (C=O) groups excluding carboxylic acids is 1. The number of nitrogens with zero attached hydrogens (tertiary/aromatic N) is 4. The van der Waals surface area contributed by atoms with E-state index in [-0.39, 0.29) is 5.56 Å². The highest BCUT2D eigenvalue weighted by molar-refractivity contribution is 6.04. The van der Waals surface area contributed by atoms with Gasteiger partial charge in [0.2, 0.25) is 0 Å². The van der Waals surface area contributed by atoms with Crippen LogP contribution in [0.5, 0.6) is 0 Å². The smallest absolute Gasteiger partial charge is 0.340 e. The SMILES string of the molecule is Cc1ccnc(Nc2cc(Nc3ccc(NC(=O)c4ccc(C(F)(F)F)nc4)cc3)ncn2)c1. The number of amides is 1. The zero-order chi connectivity index (χ0) is 24.1. The summed E-state index contributed by atoms with van der Waals surface area (Å²) in [6, 6.07) is 14.1. The molecule has 0 radical (unpaired) electrons. The molecular weight excluding hydrogens is 447 g/mol. The van der Waals surface area contributed by atoms with Crippen molar-refractivity contribution in [2.45, 2.75) is 13.1 Å². The van der Waals surface area contributed by atoms with E-state index >= 15 is 0 Å². The lowest BCUT2D eigenvalue weighted by Crippen LogP contribution is -2.14. The van der Waals surface area contributed by atoms with Gasteiger partial charge >= 0.3 is 6.18 Å². The molecular formula is C23H18F3N7O. The normalized spacial score (nSPS) is 11.1. The number of benzene rings is 1. The maximum absolute atomic E-state index is 12.6. The number of aromatic nitrogens is 4. The first kappa shape index (κ1) is 22.6. The number of pyridine rings is 2. The van der Waals surface area contributed by atoms with E-state index in [1.165, 1.54) is 6.33 Å². The predicted octanol–water partition coefficient (Wildman–Crippen LogP) is 5.33. The third kappa shape index (κ3) is 5.82. The molecule has 0 bridgehead atoms. The second-order valence-electron chi connectivity index (χ2n) is 7.22. The summed E-state index contributed by atoms with van der Waals surface area (Å²) in [7, 11) is 0. The Balaban J connectivity index is 1.38. The van der Waals surface area contributed by atoms with Crippen LogP contribution in [-0.2, 0) is 6.18 Å². The van der Waals surface area contributed by atoms with Gasteiger partial charge in [0.25, 0.3) is 5.91 Å². The van der Waals surface area contributed by atoms with Crippen LogP contribution >= 0.6 is 0 Å². The number of alkyl halides is 3. The number of hydrogen-bond acceptors (Lipinski definition) is 7. The van der Waals surface area contributed by atoms with Gasteiger partial charge in [-0.05, 0) is 61.0 Å². The van der Waals surface area contributed by atoms with Crippen molar-refractivity contribution >= 4 is 34.7 Å². The lowest BCUT2D eigenvalue weighted by molar-refractivity contribution is -0.141. The Morgan fingerprint density at radius 1 is 0.794 bits per heavy atom. The number of aryl methyl sites for hydroxylation is 1. The molecule has 0 saturated carbocycles. The van der Waals surface area contributed by atoms with Crippen molar-refractivity contribution in [2.75, 3.05) is 16.0 Å². The van der Waals surface area contributed by atoms with Gasteiger partial charge in [-0.2, -0.15) is 13.2 Å². The lowest BCUT2D eigenvalue weighted by Gasteiger charge is -2.10. The second-order valence-corrected chi connectivity index (χ2v) is 7.22. The number of halogens is 3. The van der Waals surface area contributed by atoms with Gasteiger partial charge in [0, 0.05) is 29.8 Å². The number of rotatable bonds is 6. The van der Waals surface area contributed by atoms with Gasteiger partial charge in [-0.25, -0.2) is 15.0 Å². The largest absolute Gasteiger partial charge is 0.433 e. The van der Waals surface area contributed by atoms with E-state index in [4.69, 9.17) is 0 Å². The molecule has 0 fully saturated rings. The molecule has 3 heterocycles. The van der Waals surface area contributed by atoms with Crippen LogP contribution in [0.15, 0.2) is 73.3 Å². The highest BCUT2D eigenvalue weighted by Crippen LogP contribution is 2.27. The van der Waals surface area contributed by atoms with Gasteiger partial charge in [-0.1, -0.05) is 0 Å². The lowest BCUT2D eigenvalue weighted by atomic mass is 10.2. The molecule has 0 saturated heterocycles. The van der Waals surface area contributed by atoms with E-state index in [2.05, 4.69) is 35.9 Å². The van der Waals surface area contributed by atoms with Crippen LogP contribution in [0.3, 0.4) is 0 Å². The van der Waals surface area contributed by atoms with Crippen molar-refractivity contribution in [3.8, 4) is 0 Å². The van der Waals surface area contributed by atoms with Crippen molar-refractivity contribution in [2.24, 2.45) is 0 Å². The summed E-state index contributed by atoms with van der Waals surface area (Å²) in [6.07, 6.45) is -0.559. The molecule has 0 aliphatic rings. The third-order valence-electron chi connectivity index (χ3n) is 4.57. The molecule has 0 aliphatic heterocycles. The molecule has 3 N–H and O–H groups in total. The molecule has 1 amide bonds. The average Bonchev–Trinajstić information content (AvgIpc) is 2.80. The maximum atomic E-state index is 12.6. The first-order valence-electron chi connectivity index (χ1n) is 10.00. The van der Waals surface area contributed by atoms with Crippen molar-refractivity contribution in [3.05, 3.63) is 90.1 Å². The molecule has 3 aromatic heterocycles. The summed E-state index contributed by atoms with van der Waals surface area (Å²) in [5.74, 6) is 1.19. The first-order chi connectivity index (χ1) is 16.3. The molecule has 0 spiro atoms. The Morgan fingerprint density at radius 2 is 1.47 bits per heavy atom. The molecule has 172 valence electrons. The van der Waals surface area contributed by atoms with E-state index in [9.17, 15) is 18.0 Å².